The molecule has 7 heteroatoms. The number of hydrogen-bond acceptors (Lipinski definition) is 5. The number of carbonyl (C=O) groups is 1. The zero-order chi connectivity index (χ0) is 12.0. The van der Waals surface area contributed by atoms with Crippen molar-refractivity contribution in [3.05, 3.63) is 24.0 Å². The molecule has 17 heavy (non-hydrogen) atoms. The maximum absolute atomic E-state index is 10.9. The van der Waals surface area contributed by atoms with Crippen LogP contribution in [-0.2, 0) is 0 Å². The maximum Gasteiger partial charge on any atom is 0.341 e. The van der Waals surface area contributed by atoms with Gasteiger partial charge in [-0.2, -0.15) is 5.10 Å². The van der Waals surface area contributed by atoms with E-state index in [-0.39, 0.29) is 11.7 Å². The summed E-state index contributed by atoms with van der Waals surface area (Å²) in [6.45, 7) is 1.05. The summed E-state index contributed by atoms with van der Waals surface area (Å²) in [4.78, 5) is 17.1. The molecule has 1 fully saturated rings. The number of aliphatic hydroxyl groups excluding tert-OH is 1. The van der Waals surface area contributed by atoms with Crippen LogP contribution < -0.4 is 4.90 Å². The topological polar surface area (TPSA) is 91.0 Å². The van der Waals surface area contributed by atoms with Gasteiger partial charge in [0.1, 0.15) is 11.4 Å². The molecule has 0 aliphatic carbocycles. The van der Waals surface area contributed by atoms with Gasteiger partial charge in [-0.05, 0) is 6.07 Å². The highest BCUT2D eigenvalue weighted by molar-refractivity contribution is 5.94. The van der Waals surface area contributed by atoms with Crippen LogP contribution in [0, 0.1) is 0 Å². The van der Waals surface area contributed by atoms with Crippen molar-refractivity contribution in [1.29, 1.82) is 0 Å². The van der Waals surface area contributed by atoms with Gasteiger partial charge in [0.2, 0.25) is 0 Å². The summed E-state index contributed by atoms with van der Waals surface area (Å²) in [6.07, 6.45) is 2.62. The fourth-order valence-corrected chi connectivity index (χ4v) is 1.83. The van der Waals surface area contributed by atoms with Crippen molar-refractivity contribution in [3.8, 4) is 0 Å². The lowest BCUT2D eigenvalue weighted by Crippen LogP contribution is -2.51. The third-order valence-electron chi connectivity index (χ3n) is 2.77. The summed E-state index contributed by atoms with van der Waals surface area (Å²) in [6, 6.07) is 1.75. The SMILES string of the molecule is O=C(O)c1cnn2ccc(N3CC(O)C3)nc12. The maximum atomic E-state index is 10.9. The van der Waals surface area contributed by atoms with Gasteiger partial charge >= 0.3 is 5.97 Å². The number of nitrogens with zero attached hydrogens (tertiary/aromatic N) is 4. The number of anilines is 1. The van der Waals surface area contributed by atoms with E-state index >= 15 is 0 Å². The molecule has 0 amide bonds. The first-order valence-corrected chi connectivity index (χ1v) is 5.16. The largest absolute Gasteiger partial charge is 0.477 e. The number of aliphatic hydroxyl groups is 1. The van der Waals surface area contributed by atoms with Crippen molar-refractivity contribution >= 4 is 17.4 Å². The molecule has 3 heterocycles. The quantitative estimate of drug-likeness (QED) is 0.735. The fraction of sp³-hybridized carbons (Fsp3) is 0.300. The van der Waals surface area contributed by atoms with E-state index in [2.05, 4.69) is 10.1 Å². The monoisotopic (exact) mass is 234 g/mol. The highest BCUT2D eigenvalue weighted by Gasteiger charge is 2.26. The fourth-order valence-electron chi connectivity index (χ4n) is 1.83. The number of aromatic nitrogens is 3. The average molecular weight is 234 g/mol. The Kier molecular flexibility index (Phi) is 2.02. The van der Waals surface area contributed by atoms with Crippen LogP contribution in [0.4, 0.5) is 5.82 Å². The van der Waals surface area contributed by atoms with Crippen molar-refractivity contribution in [2.45, 2.75) is 6.10 Å². The summed E-state index contributed by atoms with van der Waals surface area (Å²) >= 11 is 0. The third-order valence-corrected chi connectivity index (χ3v) is 2.77. The molecule has 2 aromatic heterocycles. The molecule has 3 rings (SSSR count). The lowest BCUT2D eigenvalue weighted by Gasteiger charge is -2.36. The van der Waals surface area contributed by atoms with E-state index in [1.54, 1.807) is 12.3 Å². The van der Waals surface area contributed by atoms with E-state index < -0.39 is 5.97 Å². The van der Waals surface area contributed by atoms with Crippen LogP contribution in [0.15, 0.2) is 18.5 Å². The van der Waals surface area contributed by atoms with Crippen molar-refractivity contribution in [1.82, 2.24) is 14.6 Å². The van der Waals surface area contributed by atoms with E-state index in [9.17, 15) is 9.90 Å². The second-order valence-electron chi connectivity index (χ2n) is 3.98. The van der Waals surface area contributed by atoms with Crippen LogP contribution in [0.5, 0.6) is 0 Å². The molecule has 0 aromatic carbocycles. The molecular weight excluding hydrogens is 224 g/mol. The Bertz CT molecular complexity index is 588. The summed E-state index contributed by atoms with van der Waals surface area (Å²) in [5, 5.41) is 22.1. The second-order valence-corrected chi connectivity index (χ2v) is 3.98. The molecule has 0 unspecified atom stereocenters. The van der Waals surface area contributed by atoms with Gasteiger partial charge in [0.15, 0.2) is 5.65 Å². The van der Waals surface area contributed by atoms with Gasteiger partial charge in [-0.25, -0.2) is 14.3 Å². The third kappa shape index (κ3) is 1.51. The highest BCUT2D eigenvalue weighted by atomic mass is 16.4. The van der Waals surface area contributed by atoms with Crippen LogP contribution in [0.25, 0.3) is 5.65 Å². The van der Waals surface area contributed by atoms with Crippen molar-refractivity contribution in [2.24, 2.45) is 0 Å². The molecule has 1 aliphatic heterocycles. The lowest BCUT2D eigenvalue weighted by atomic mass is 10.2. The summed E-state index contributed by atoms with van der Waals surface area (Å²) < 4.78 is 1.42. The first-order valence-electron chi connectivity index (χ1n) is 5.16. The van der Waals surface area contributed by atoms with E-state index in [0.717, 1.165) is 0 Å². The molecule has 7 nitrogen and oxygen atoms in total. The van der Waals surface area contributed by atoms with E-state index in [4.69, 9.17) is 5.11 Å². The van der Waals surface area contributed by atoms with Gasteiger partial charge in [0.25, 0.3) is 0 Å². The van der Waals surface area contributed by atoms with Crippen molar-refractivity contribution < 1.29 is 15.0 Å². The molecule has 2 N–H and O–H groups in total. The van der Waals surface area contributed by atoms with E-state index in [0.29, 0.717) is 24.6 Å². The Morgan fingerprint density at radius 2 is 2.24 bits per heavy atom. The van der Waals surface area contributed by atoms with Gasteiger partial charge in [-0.15, -0.1) is 0 Å². The predicted octanol–water partition coefficient (Wildman–Crippen LogP) is -0.392. The second kappa shape index (κ2) is 3.42. The highest BCUT2D eigenvalue weighted by Crippen LogP contribution is 2.20. The Hall–Kier alpha value is -2.15. The predicted molar refractivity (Wildman–Crippen MR) is 58.2 cm³/mol. The number of fused-ring (bicyclic) bond motifs is 1. The molecule has 2 aromatic rings. The Morgan fingerprint density at radius 3 is 2.88 bits per heavy atom. The van der Waals surface area contributed by atoms with Gasteiger partial charge in [-0.3, -0.25) is 0 Å². The molecular formula is C10H10N4O3. The number of β-amino-alcohol motifs (C(OH)–C–C–N with tert-alkyl or cyclic N) is 1. The number of carboxylic acids is 1. The van der Waals surface area contributed by atoms with Crippen LogP contribution >= 0.6 is 0 Å². The minimum atomic E-state index is -1.05. The molecule has 0 atom stereocenters. The summed E-state index contributed by atoms with van der Waals surface area (Å²) in [5.41, 5.74) is 0.393. The number of hydrogen-bond donors (Lipinski definition) is 2. The molecule has 1 aliphatic rings. The van der Waals surface area contributed by atoms with Crippen LogP contribution in [0.2, 0.25) is 0 Å². The Balaban J connectivity index is 2.04. The smallest absolute Gasteiger partial charge is 0.341 e. The molecule has 88 valence electrons. The molecule has 0 spiro atoms. The summed E-state index contributed by atoms with van der Waals surface area (Å²) in [7, 11) is 0. The first kappa shape index (κ1) is 10.0. The number of carboxylic acid groups (broad SMARTS) is 1. The van der Waals surface area contributed by atoms with Gasteiger partial charge < -0.3 is 15.1 Å². The average Bonchev–Trinajstić information content (AvgIpc) is 2.67. The molecule has 0 radical (unpaired) electrons. The molecule has 0 bridgehead atoms. The zero-order valence-corrected chi connectivity index (χ0v) is 8.82. The lowest BCUT2D eigenvalue weighted by molar-refractivity contribution is 0.0698. The van der Waals surface area contributed by atoms with E-state index in [1.807, 2.05) is 4.90 Å². The zero-order valence-electron chi connectivity index (χ0n) is 8.82. The normalized spacial score (nSPS) is 16.2. The molecule has 0 saturated carbocycles. The van der Waals surface area contributed by atoms with Crippen molar-refractivity contribution in [3.63, 3.8) is 0 Å². The van der Waals surface area contributed by atoms with Crippen molar-refractivity contribution in [2.75, 3.05) is 18.0 Å². The minimum Gasteiger partial charge on any atom is -0.477 e. The van der Waals surface area contributed by atoms with Crippen LogP contribution in [-0.4, -0.2) is 50.0 Å². The Labute approximate surface area is 95.9 Å². The number of rotatable bonds is 2. The van der Waals surface area contributed by atoms with Crippen LogP contribution in [0.1, 0.15) is 10.4 Å². The number of aromatic carboxylic acids is 1. The van der Waals surface area contributed by atoms with Gasteiger partial charge in [0.05, 0.1) is 12.3 Å². The first-order chi connectivity index (χ1) is 8.15. The van der Waals surface area contributed by atoms with Crippen LogP contribution in [0.3, 0.4) is 0 Å². The standard InChI is InChI=1S/C10H10N4O3/c15-6-4-13(5-6)8-1-2-14-9(12-8)7(3-11-14)10(16)17/h1-3,6,15H,4-5H2,(H,16,17). The summed E-state index contributed by atoms with van der Waals surface area (Å²) in [5.74, 6) is -0.390. The minimum absolute atomic E-state index is 0.0768. The van der Waals surface area contributed by atoms with Gasteiger partial charge in [0, 0.05) is 19.3 Å². The van der Waals surface area contributed by atoms with Gasteiger partial charge in [-0.1, -0.05) is 0 Å². The van der Waals surface area contributed by atoms with E-state index in [1.165, 1.54) is 10.7 Å². The molecule has 1 saturated heterocycles. The Morgan fingerprint density at radius 1 is 1.47 bits per heavy atom.